The summed E-state index contributed by atoms with van der Waals surface area (Å²) < 4.78 is 35.8. The normalized spacial score (nSPS) is 23.8. The predicted octanol–water partition coefficient (Wildman–Crippen LogP) is 8.59. The second kappa shape index (κ2) is 16.8. The maximum absolute atomic E-state index is 13.9. The van der Waals surface area contributed by atoms with Crippen molar-refractivity contribution in [3.05, 3.63) is 106 Å². The van der Waals surface area contributed by atoms with Crippen LogP contribution in [-0.4, -0.2) is 82.0 Å². The quantitative estimate of drug-likeness (QED) is 0.0650. The molecule has 2 aromatic carbocycles. The van der Waals surface area contributed by atoms with E-state index in [0.717, 1.165) is 74.6 Å². The third-order valence-electron chi connectivity index (χ3n) is 14.7. The molecule has 15 nitrogen and oxygen atoms in total. The third-order valence-corrected chi connectivity index (χ3v) is 16.0. The Morgan fingerprint density at radius 2 is 1.72 bits per heavy atom. The summed E-state index contributed by atoms with van der Waals surface area (Å²) in [6.07, 6.45) is 16.8. The van der Waals surface area contributed by atoms with E-state index in [1.807, 2.05) is 12.1 Å². The molecule has 5 aliphatic rings. The second-order valence-corrected chi connectivity index (χ2v) is 21.0. The number of aliphatic hydroxyl groups is 1. The van der Waals surface area contributed by atoms with Gasteiger partial charge in [0.15, 0.2) is 0 Å². The number of H-pyrrole nitrogens is 1. The molecule has 0 bridgehead atoms. The smallest absolute Gasteiger partial charge is 0.312 e. The molecule has 3 aromatic heterocycles. The molecule has 2 aliphatic heterocycles. The van der Waals surface area contributed by atoms with Crippen LogP contribution in [0, 0.1) is 21.4 Å². The molecule has 0 radical (unpaired) electrons. The fourth-order valence-electron chi connectivity index (χ4n) is 10.9. The number of carbonyl (C=O) groups excluding carboxylic acids is 1. The van der Waals surface area contributed by atoms with Crippen molar-refractivity contribution in [2.24, 2.45) is 11.3 Å². The molecule has 64 heavy (non-hydrogen) atoms. The third kappa shape index (κ3) is 8.66. The predicted molar refractivity (Wildman–Crippen MR) is 243 cm³/mol. The summed E-state index contributed by atoms with van der Waals surface area (Å²) in [6, 6.07) is 19.9. The lowest BCUT2D eigenvalue weighted by Gasteiger charge is -2.55. The number of pyridine rings is 2. The van der Waals surface area contributed by atoms with Gasteiger partial charge in [-0.1, -0.05) is 24.3 Å². The van der Waals surface area contributed by atoms with Gasteiger partial charge in [-0.15, -0.1) is 0 Å². The highest BCUT2D eigenvalue weighted by Crippen LogP contribution is 2.51. The Labute approximate surface area is 373 Å². The van der Waals surface area contributed by atoms with E-state index in [2.05, 4.69) is 59.1 Å². The highest BCUT2D eigenvalue weighted by atomic mass is 32.2. The van der Waals surface area contributed by atoms with Crippen LogP contribution >= 0.6 is 0 Å². The zero-order valence-electron chi connectivity index (χ0n) is 36.2. The van der Waals surface area contributed by atoms with Crippen molar-refractivity contribution in [2.75, 3.05) is 36.4 Å². The number of hydrogen-bond donors (Lipinski definition) is 4. The summed E-state index contributed by atoms with van der Waals surface area (Å²) in [5.41, 5.74) is 3.58. The topological polar surface area (TPSA) is 196 Å². The van der Waals surface area contributed by atoms with Crippen molar-refractivity contribution < 1.29 is 28.0 Å². The molecule has 16 heteroatoms. The number of sulfonamides is 1. The number of hydrogen-bond acceptors (Lipinski definition) is 12. The molecule has 1 amide bonds. The minimum Gasteiger partial charge on any atom is -0.455 e. The molecule has 3 aliphatic carbocycles. The molecule has 3 saturated carbocycles. The lowest BCUT2D eigenvalue weighted by molar-refractivity contribution is -0.384. The number of nitrogens with one attached hydrogen (secondary N) is 3. The standard InChI is InChI=1S/C48H56N8O7S/c1-47(58)17-12-31(13-18-47)26-50-45-42(56(59)60)25-37(28-52-45)64(61,62)53-46(57)40-11-10-35(24-43(40)63-36-23-33-16-21-49-44(33)51-27-36)54-29-48(30-54)19-14-34(15-20-48)55-22-4-7-41(55)39-6-3-2-5-38(39)32-8-9-32/h2-3,5-6,10-11,16,21,23-25,27-28,31-32,34,41,58H,4,7-9,12-15,17-20,22,26,29-30H2,1H3,(H,49,51)(H,50,52)(H,53,57)/t31?,41-,47?/m1/s1. The van der Waals surface area contributed by atoms with Crippen molar-refractivity contribution in [3.63, 3.8) is 0 Å². The first-order chi connectivity index (χ1) is 30.8. The summed E-state index contributed by atoms with van der Waals surface area (Å²) in [6.45, 7) is 5.10. The number of aromatic amines is 1. The zero-order chi connectivity index (χ0) is 44.2. The van der Waals surface area contributed by atoms with Crippen molar-refractivity contribution in [2.45, 2.75) is 112 Å². The Bertz CT molecular complexity index is 2670. The van der Waals surface area contributed by atoms with Gasteiger partial charge in [-0.05, 0) is 138 Å². The van der Waals surface area contributed by atoms with Crippen LogP contribution in [0.4, 0.5) is 17.2 Å². The molecule has 5 aromatic rings. The number of likely N-dealkylation sites (tertiary alicyclic amines) is 1. The lowest BCUT2D eigenvalue weighted by atomic mass is 9.67. The molecule has 1 spiro atoms. The first kappa shape index (κ1) is 42.4. The fraction of sp³-hybridized carbons (Fsp3) is 0.479. The van der Waals surface area contributed by atoms with E-state index < -0.39 is 37.0 Å². The van der Waals surface area contributed by atoms with Gasteiger partial charge in [-0.3, -0.25) is 19.8 Å². The number of aromatic nitrogens is 3. The second-order valence-electron chi connectivity index (χ2n) is 19.3. The van der Waals surface area contributed by atoms with E-state index in [1.54, 1.807) is 42.4 Å². The Kier molecular flexibility index (Phi) is 11.1. The van der Waals surface area contributed by atoms with Gasteiger partial charge in [0.2, 0.25) is 5.82 Å². The van der Waals surface area contributed by atoms with Gasteiger partial charge in [0, 0.05) is 66.5 Å². The minimum absolute atomic E-state index is 0.0344. The van der Waals surface area contributed by atoms with Gasteiger partial charge in [-0.25, -0.2) is 23.1 Å². The molecule has 5 heterocycles. The van der Waals surface area contributed by atoms with Gasteiger partial charge < -0.3 is 25.0 Å². The van der Waals surface area contributed by atoms with Crippen molar-refractivity contribution >= 4 is 44.2 Å². The summed E-state index contributed by atoms with van der Waals surface area (Å²) in [5, 5.41) is 26.2. The first-order valence-electron chi connectivity index (χ1n) is 22.8. The first-order valence-corrected chi connectivity index (χ1v) is 24.3. The molecule has 4 N–H and O–H groups in total. The number of rotatable bonds is 13. The van der Waals surface area contributed by atoms with Gasteiger partial charge >= 0.3 is 5.69 Å². The van der Waals surface area contributed by atoms with Gasteiger partial charge in [-0.2, -0.15) is 0 Å². The Balaban J connectivity index is 0.832. The number of anilines is 2. The SMILES string of the molecule is CC1(O)CCC(CNc2ncc(S(=O)(=O)NC(=O)c3ccc(N4CC5(CCC(N6CCC[C@@H]6c6ccccc6C6CC6)CC5)C4)cc3Oc3cnc4[nH]ccc4c3)cc2[N+](=O)[O-])CC1. The summed E-state index contributed by atoms with van der Waals surface area (Å²) in [4.78, 5) is 41.5. The number of ether oxygens (including phenoxy) is 1. The van der Waals surface area contributed by atoms with Gasteiger partial charge in [0.05, 0.1) is 28.5 Å². The van der Waals surface area contributed by atoms with E-state index in [9.17, 15) is 28.4 Å². The van der Waals surface area contributed by atoms with Crippen LogP contribution < -0.4 is 19.7 Å². The van der Waals surface area contributed by atoms with E-state index in [1.165, 1.54) is 44.7 Å². The molecule has 2 saturated heterocycles. The molecule has 1 atom stereocenters. The largest absolute Gasteiger partial charge is 0.455 e. The molecule has 5 fully saturated rings. The van der Waals surface area contributed by atoms with Crippen molar-refractivity contribution in [1.82, 2.24) is 24.6 Å². The average molecular weight is 889 g/mol. The van der Waals surface area contributed by atoms with E-state index in [0.29, 0.717) is 42.9 Å². The van der Waals surface area contributed by atoms with Crippen LogP contribution in [0.25, 0.3) is 11.0 Å². The number of carbonyl (C=O) groups is 1. The van der Waals surface area contributed by atoms with Crippen molar-refractivity contribution in [1.29, 1.82) is 0 Å². The maximum atomic E-state index is 13.9. The van der Waals surface area contributed by atoms with E-state index in [-0.39, 0.29) is 28.5 Å². The lowest BCUT2D eigenvalue weighted by Crippen LogP contribution is -2.59. The minimum atomic E-state index is -4.62. The van der Waals surface area contributed by atoms with Crippen LogP contribution in [0.1, 0.15) is 117 Å². The average Bonchev–Trinajstić information content (AvgIpc) is 3.81. The molecular formula is C48H56N8O7S. The van der Waals surface area contributed by atoms with Crippen molar-refractivity contribution in [3.8, 4) is 11.5 Å². The van der Waals surface area contributed by atoms with Crippen LogP contribution in [0.5, 0.6) is 11.5 Å². The zero-order valence-corrected chi connectivity index (χ0v) is 37.0. The maximum Gasteiger partial charge on any atom is 0.312 e. The number of benzene rings is 2. The number of nitrogens with zero attached hydrogens (tertiary/aromatic N) is 5. The number of fused-ring (bicyclic) bond motifs is 1. The van der Waals surface area contributed by atoms with Gasteiger partial charge in [0.1, 0.15) is 22.0 Å². The van der Waals surface area contributed by atoms with Crippen LogP contribution in [-0.2, 0) is 10.0 Å². The summed E-state index contributed by atoms with van der Waals surface area (Å²) in [5.74, 6) is 0.381. The Morgan fingerprint density at radius 3 is 2.47 bits per heavy atom. The Hall–Kier alpha value is -5.58. The molecule has 0 unspecified atom stereocenters. The monoisotopic (exact) mass is 888 g/mol. The van der Waals surface area contributed by atoms with Crippen LogP contribution in [0.15, 0.2) is 84.1 Å². The van der Waals surface area contributed by atoms with E-state index in [4.69, 9.17) is 4.74 Å². The highest BCUT2D eigenvalue weighted by molar-refractivity contribution is 7.90. The summed E-state index contributed by atoms with van der Waals surface area (Å²) >= 11 is 0. The fourth-order valence-corrected chi connectivity index (χ4v) is 11.8. The molecule has 10 rings (SSSR count). The summed E-state index contributed by atoms with van der Waals surface area (Å²) in [7, 11) is -4.62. The van der Waals surface area contributed by atoms with Crippen LogP contribution in [0.3, 0.4) is 0 Å². The number of amides is 1. The molecular weight excluding hydrogens is 833 g/mol. The molecule has 336 valence electrons. The van der Waals surface area contributed by atoms with E-state index >= 15 is 0 Å². The van der Waals surface area contributed by atoms with Gasteiger partial charge in [0.25, 0.3) is 15.9 Å². The van der Waals surface area contributed by atoms with Crippen LogP contribution in [0.2, 0.25) is 0 Å². The Morgan fingerprint density at radius 1 is 0.953 bits per heavy atom. The number of nitro groups is 1. The highest BCUT2D eigenvalue weighted by Gasteiger charge is 2.47.